The molecular weight excluding hydrogens is 345 g/mol. The van der Waals surface area contributed by atoms with E-state index in [2.05, 4.69) is 16.0 Å². The van der Waals surface area contributed by atoms with Crippen LogP contribution < -0.4 is 10.1 Å². The van der Waals surface area contributed by atoms with Crippen LogP contribution in [-0.4, -0.2) is 16.2 Å². The van der Waals surface area contributed by atoms with Crippen molar-refractivity contribution in [2.45, 2.75) is 19.6 Å². The summed E-state index contributed by atoms with van der Waals surface area (Å²) in [5.41, 5.74) is 2.02. The van der Waals surface area contributed by atoms with E-state index < -0.39 is 0 Å². The number of aromatic nitrogens is 2. The number of rotatable bonds is 8. The first-order valence-corrected chi connectivity index (χ1v) is 8.85. The number of nitrogens with one attached hydrogen (secondary N) is 1. The van der Waals surface area contributed by atoms with Crippen molar-refractivity contribution in [3.63, 3.8) is 0 Å². The Morgan fingerprint density at radius 2 is 1.85 bits per heavy atom. The van der Waals surface area contributed by atoms with Crippen molar-refractivity contribution in [2.75, 3.05) is 6.61 Å². The number of hydrogen-bond acceptors (Lipinski definition) is 4. The minimum absolute atomic E-state index is 0.270. The average molecular weight is 365 g/mol. The second-order valence-electron chi connectivity index (χ2n) is 6.15. The SMILES string of the molecule is Fc1ccc(OCCn2c(CNCc3ccco3)nc3ccccc32)cc1. The normalized spacial score (nSPS) is 11.1. The molecule has 4 rings (SSSR count). The molecule has 0 spiro atoms. The number of hydrogen-bond donors (Lipinski definition) is 1. The van der Waals surface area contributed by atoms with Gasteiger partial charge < -0.3 is 19.0 Å². The maximum Gasteiger partial charge on any atom is 0.124 e. The molecule has 1 N–H and O–H groups in total. The largest absolute Gasteiger partial charge is 0.492 e. The molecule has 0 unspecified atom stereocenters. The number of imidazole rings is 1. The van der Waals surface area contributed by atoms with E-state index >= 15 is 0 Å². The van der Waals surface area contributed by atoms with Crippen molar-refractivity contribution in [1.82, 2.24) is 14.9 Å². The Kier molecular flexibility index (Phi) is 5.16. The molecule has 0 aliphatic rings. The van der Waals surface area contributed by atoms with E-state index in [1.165, 1.54) is 12.1 Å². The molecule has 0 atom stereocenters. The van der Waals surface area contributed by atoms with Crippen LogP contribution in [0.3, 0.4) is 0 Å². The van der Waals surface area contributed by atoms with E-state index in [1.807, 2.05) is 30.3 Å². The summed E-state index contributed by atoms with van der Waals surface area (Å²) in [5, 5.41) is 3.36. The number of furan rings is 1. The fourth-order valence-corrected chi connectivity index (χ4v) is 3.01. The van der Waals surface area contributed by atoms with Crippen LogP contribution in [0.15, 0.2) is 71.3 Å². The Bertz CT molecular complexity index is 994. The highest BCUT2D eigenvalue weighted by Gasteiger charge is 2.10. The Labute approximate surface area is 156 Å². The molecular formula is C21H20FN3O2. The molecule has 0 saturated heterocycles. The molecule has 4 aromatic rings. The van der Waals surface area contributed by atoms with Crippen molar-refractivity contribution >= 4 is 11.0 Å². The van der Waals surface area contributed by atoms with Crippen molar-refractivity contribution in [2.24, 2.45) is 0 Å². The van der Waals surface area contributed by atoms with Gasteiger partial charge in [0.25, 0.3) is 0 Å². The standard InChI is InChI=1S/C21H20FN3O2/c22-16-7-9-17(10-8-16)27-13-11-25-20-6-2-1-5-19(20)24-21(25)15-23-14-18-4-3-12-26-18/h1-10,12,23H,11,13-15H2. The second kappa shape index (κ2) is 8.05. The molecule has 0 bridgehead atoms. The Morgan fingerprint density at radius 1 is 1.00 bits per heavy atom. The third-order valence-corrected chi connectivity index (χ3v) is 4.29. The molecule has 0 aliphatic heterocycles. The van der Waals surface area contributed by atoms with Crippen LogP contribution in [0.25, 0.3) is 11.0 Å². The summed E-state index contributed by atoms with van der Waals surface area (Å²) < 4.78 is 26.2. The maximum atomic E-state index is 13.0. The predicted molar refractivity (Wildman–Crippen MR) is 101 cm³/mol. The summed E-state index contributed by atoms with van der Waals surface area (Å²) in [4.78, 5) is 4.73. The monoisotopic (exact) mass is 365 g/mol. The van der Waals surface area contributed by atoms with Crippen molar-refractivity contribution < 1.29 is 13.5 Å². The van der Waals surface area contributed by atoms with Crippen LogP contribution >= 0.6 is 0 Å². The summed E-state index contributed by atoms with van der Waals surface area (Å²) in [5.74, 6) is 2.20. The van der Waals surface area contributed by atoms with E-state index in [-0.39, 0.29) is 5.82 Å². The molecule has 27 heavy (non-hydrogen) atoms. The Morgan fingerprint density at radius 3 is 2.67 bits per heavy atom. The molecule has 5 nitrogen and oxygen atoms in total. The lowest BCUT2D eigenvalue weighted by molar-refractivity contribution is 0.297. The van der Waals surface area contributed by atoms with Gasteiger partial charge in [-0.1, -0.05) is 12.1 Å². The third-order valence-electron chi connectivity index (χ3n) is 4.29. The van der Waals surface area contributed by atoms with Crippen LogP contribution in [0.2, 0.25) is 0 Å². The van der Waals surface area contributed by atoms with Gasteiger partial charge in [-0.3, -0.25) is 0 Å². The predicted octanol–water partition coefficient (Wildman–Crippen LogP) is 4.14. The molecule has 2 heterocycles. The molecule has 138 valence electrons. The van der Waals surface area contributed by atoms with Crippen molar-refractivity contribution in [3.05, 3.63) is 84.3 Å². The van der Waals surface area contributed by atoms with Gasteiger partial charge in [0.1, 0.15) is 29.8 Å². The summed E-state index contributed by atoms with van der Waals surface area (Å²) in [7, 11) is 0. The smallest absolute Gasteiger partial charge is 0.124 e. The zero-order valence-corrected chi connectivity index (χ0v) is 14.8. The van der Waals surface area contributed by atoms with Crippen molar-refractivity contribution in [3.8, 4) is 5.75 Å². The summed E-state index contributed by atoms with van der Waals surface area (Å²) in [6, 6.07) is 17.9. The van der Waals surface area contributed by atoms with E-state index in [0.29, 0.717) is 32.0 Å². The van der Waals surface area contributed by atoms with Gasteiger partial charge in [0.15, 0.2) is 0 Å². The van der Waals surface area contributed by atoms with Gasteiger partial charge in [0.2, 0.25) is 0 Å². The fourth-order valence-electron chi connectivity index (χ4n) is 3.01. The number of ether oxygens (including phenoxy) is 1. The lowest BCUT2D eigenvalue weighted by Crippen LogP contribution is -2.18. The third kappa shape index (κ3) is 4.17. The van der Waals surface area contributed by atoms with Gasteiger partial charge in [0, 0.05) is 0 Å². The summed E-state index contributed by atoms with van der Waals surface area (Å²) >= 11 is 0. The molecule has 0 saturated carbocycles. The zero-order chi connectivity index (χ0) is 18.5. The molecule has 0 aliphatic carbocycles. The topological polar surface area (TPSA) is 52.2 Å². The minimum atomic E-state index is -0.270. The number of halogens is 1. The van der Waals surface area contributed by atoms with Gasteiger partial charge in [-0.15, -0.1) is 0 Å². The molecule has 6 heteroatoms. The van der Waals surface area contributed by atoms with Crippen LogP contribution in [0.1, 0.15) is 11.6 Å². The van der Waals surface area contributed by atoms with E-state index in [0.717, 1.165) is 22.6 Å². The molecule has 0 amide bonds. The summed E-state index contributed by atoms with van der Waals surface area (Å²) in [6.45, 7) is 2.38. The van der Waals surface area contributed by atoms with Crippen molar-refractivity contribution in [1.29, 1.82) is 0 Å². The first kappa shape index (κ1) is 17.3. The van der Waals surface area contributed by atoms with Gasteiger partial charge in [-0.05, 0) is 48.5 Å². The van der Waals surface area contributed by atoms with Gasteiger partial charge >= 0.3 is 0 Å². The number of benzene rings is 2. The molecule has 2 aromatic heterocycles. The maximum absolute atomic E-state index is 13.0. The number of fused-ring (bicyclic) bond motifs is 1. The Hall–Kier alpha value is -3.12. The highest BCUT2D eigenvalue weighted by atomic mass is 19.1. The fraction of sp³-hybridized carbons (Fsp3) is 0.190. The minimum Gasteiger partial charge on any atom is -0.492 e. The van der Waals surface area contributed by atoms with E-state index in [9.17, 15) is 4.39 Å². The van der Waals surface area contributed by atoms with Crippen LogP contribution in [-0.2, 0) is 19.6 Å². The van der Waals surface area contributed by atoms with E-state index in [1.54, 1.807) is 18.4 Å². The number of para-hydroxylation sites is 2. The summed E-state index contributed by atoms with van der Waals surface area (Å²) in [6.07, 6.45) is 1.67. The van der Waals surface area contributed by atoms with Gasteiger partial charge in [-0.25, -0.2) is 9.37 Å². The first-order chi connectivity index (χ1) is 13.3. The van der Waals surface area contributed by atoms with E-state index in [4.69, 9.17) is 14.1 Å². The highest BCUT2D eigenvalue weighted by molar-refractivity contribution is 5.75. The lowest BCUT2D eigenvalue weighted by atomic mass is 10.3. The zero-order valence-electron chi connectivity index (χ0n) is 14.8. The highest BCUT2D eigenvalue weighted by Crippen LogP contribution is 2.17. The molecule has 2 aromatic carbocycles. The Balaban J connectivity index is 1.45. The van der Waals surface area contributed by atoms with Gasteiger partial charge in [0.05, 0.1) is 36.9 Å². The lowest BCUT2D eigenvalue weighted by Gasteiger charge is -2.11. The molecule has 0 fully saturated rings. The second-order valence-corrected chi connectivity index (χ2v) is 6.15. The average Bonchev–Trinajstić information content (AvgIpc) is 3.32. The van der Waals surface area contributed by atoms with Crippen LogP contribution in [0.5, 0.6) is 5.75 Å². The first-order valence-electron chi connectivity index (χ1n) is 8.85. The number of nitrogens with zero attached hydrogens (tertiary/aromatic N) is 2. The quantitative estimate of drug-likeness (QED) is 0.510. The molecule has 0 radical (unpaired) electrons. The van der Waals surface area contributed by atoms with Crippen LogP contribution in [0.4, 0.5) is 4.39 Å². The van der Waals surface area contributed by atoms with Gasteiger partial charge in [-0.2, -0.15) is 0 Å². The van der Waals surface area contributed by atoms with Crippen LogP contribution in [0, 0.1) is 5.82 Å².